The molecule has 2 unspecified atom stereocenters. The number of rotatable bonds is 8. The van der Waals surface area contributed by atoms with E-state index in [0.717, 1.165) is 37.3 Å². The number of aromatic nitrogens is 4. The highest BCUT2D eigenvalue weighted by Gasteiger charge is 2.43. The Hall–Kier alpha value is -3.80. The smallest absolute Gasteiger partial charge is 0.356 e. The van der Waals surface area contributed by atoms with Crippen molar-refractivity contribution in [2.75, 3.05) is 20.2 Å². The van der Waals surface area contributed by atoms with Crippen molar-refractivity contribution >= 4 is 28.7 Å². The van der Waals surface area contributed by atoms with Crippen LogP contribution in [0.5, 0.6) is 11.5 Å². The lowest BCUT2D eigenvalue weighted by Crippen LogP contribution is -2.34. The van der Waals surface area contributed by atoms with Gasteiger partial charge < -0.3 is 23.9 Å². The Kier molecular flexibility index (Phi) is 7.50. The van der Waals surface area contributed by atoms with Crippen LogP contribution in [-0.4, -0.2) is 62.0 Å². The van der Waals surface area contributed by atoms with E-state index in [-0.39, 0.29) is 23.3 Å². The fourth-order valence-electron chi connectivity index (χ4n) is 5.76. The van der Waals surface area contributed by atoms with Gasteiger partial charge in [0.15, 0.2) is 22.8 Å². The third-order valence-corrected chi connectivity index (χ3v) is 8.29. The standard InChI is InChI=1S/C30H31ClFN5O5/c1-17(40-3)15-37-26(33-23-14-24(29(38)39)34-35-28(23)37)16-36-11-9-18(10-12-36)20-5-4-6-25-27(20)42-30(2,41-25)21-8-7-19(31)13-22(21)32/h4-8,13-14,17-18H,9-12,15-16H2,1-3H3,(H,38,39). The topological polar surface area (TPSA) is 112 Å². The summed E-state index contributed by atoms with van der Waals surface area (Å²) in [5, 5.41) is 17.7. The van der Waals surface area contributed by atoms with E-state index in [1.807, 2.05) is 23.6 Å². The number of benzene rings is 2. The number of para-hydroxylation sites is 1. The Morgan fingerprint density at radius 2 is 2.00 bits per heavy atom. The Bertz CT molecular complexity index is 1660. The van der Waals surface area contributed by atoms with Gasteiger partial charge >= 0.3 is 5.97 Å². The minimum Gasteiger partial charge on any atom is -0.476 e. The number of methoxy groups -OCH3 is 1. The molecule has 10 nitrogen and oxygen atoms in total. The number of piperidine rings is 1. The SMILES string of the molecule is COC(C)Cn1c(CN2CCC(c3cccc4c3OC(C)(c3ccc(Cl)cc3F)O4)CC2)nc2cc(C(=O)O)nnc21. The van der Waals surface area contributed by atoms with Gasteiger partial charge in [0.1, 0.15) is 17.2 Å². The molecular formula is C30H31ClFN5O5. The van der Waals surface area contributed by atoms with Crippen molar-refractivity contribution in [1.29, 1.82) is 0 Å². The average Bonchev–Trinajstić information content (AvgIpc) is 3.49. The first-order valence-corrected chi connectivity index (χ1v) is 14.2. The third kappa shape index (κ3) is 5.28. The van der Waals surface area contributed by atoms with Crippen LogP contribution < -0.4 is 9.47 Å². The molecule has 4 aromatic rings. The Morgan fingerprint density at radius 3 is 2.71 bits per heavy atom. The van der Waals surface area contributed by atoms with E-state index in [2.05, 4.69) is 21.2 Å². The number of hydrogen-bond acceptors (Lipinski definition) is 8. The van der Waals surface area contributed by atoms with Crippen molar-refractivity contribution in [3.8, 4) is 11.5 Å². The Balaban J connectivity index is 1.19. The molecule has 0 saturated carbocycles. The molecule has 1 saturated heterocycles. The molecule has 12 heteroatoms. The zero-order valence-electron chi connectivity index (χ0n) is 23.5. The normalized spacial score (nSPS) is 19.8. The van der Waals surface area contributed by atoms with Crippen LogP contribution in [0.2, 0.25) is 5.02 Å². The summed E-state index contributed by atoms with van der Waals surface area (Å²) in [4.78, 5) is 18.5. The van der Waals surface area contributed by atoms with Crippen LogP contribution in [0.4, 0.5) is 4.39 Å². The number of carboxylic acid groups (broad SMARTS) is 1. The molecule has 2 aromatic carbocycles. The second-order valence-corrected chi connectivity index (χ2v) is 11.4. The lowest BCUT2D eigenvalue weighted by Gasteiger charge is -2.32. The van der Waals surface area contributed by atoms with Gasteiger partial charge in [-0.15, -0.1) is 10.2 Å². The minimum atomic E-state index is -1.30. The van der Waals surface area contributed by atoms with Crippen molar-refractivity contribution in [2.45, 2.75) is 57.6 Å². The fraction of sp³-hybridized carbons (Fsp3) is 0.400. The highest BCUT2D eigenvalue weighted by Crippen LogP contribution is 2.49. The first-order chi connectivity index (χ1) is 20.1. The number of halogens is 2. The molecule has 2 aliphatic rings. The van der Waals surface area contributed by atoms with Gasteiger partial charge in [-0.2, -0.15) is 0 Å². The van der Waals surface area contributed by atoms with E-state index in [1.54, 1.807) is 26.2 Å². The molecule has 1 fully saturated rings. The van der Waals surface area contributed by atoms with Crippen LogP contribution in [0, 0.1) is 5.82 Å². The predicted molar refractivity (Wildman–Crippen MR) is 152 cm³/mol. The summed E-state index contributed by atoms with van der Waals surface area (Å²) >= 11 is 5.96. The van der Waals surface area contributed by atoms with E-state index >= 15 is 0 Å². The van der Waals surface area contributed by atoms with Crippen molar-refractivity contribution in [3.05, 3.63) is 75.9 Å². The predicted octanol–water partition coefficient (Wildman–Crippen LogP) is 5.38. The highest BCUT2D eigenvalue weighted by molar-refractivity contribution is 6.30. The molecule has 2 aromatic heterocycles. The van der Waals surface area contributed by atoms with Gasteiger partial charge in [0.25, 0.3) is 5.79 Å². The summed E-state index contributed by atoms with van der Waals surface area (Å²) in [5.41, 5.74) is 2.21. The summed E-state index contributed by atoms with van der Waals surface area (Å²) in [6.45, 7) is 6.38. The molecule has 2 aliphatic heterocycles. The third-order valence-electron chi connectivity index (χ3n) is 8.06. The molecule has 0 aliphatic carbocycles. The van der Waals surface area contributed by atoms with Gasteiger partial charge in [0, 0.05) is 30.7 Å². The van der Waals surface area contributed by atoms with Gasteiger partial charge in [-0.3, -0.25) is 4.90 Å². The van der Waals surface area contributed by atoms with Gasteiger partial charge in [-0.25, -0.2) is 14.2 Å². The number of fused-ring (bicyclic) bond motifs is 2. The fourth-order valence-corrected chi connectivity index (χ4v) is 5.92. The second kappa shape index (κ2) is 11.1. The van der Waals surface area contributed by atoms with E-state index in [0.29, 0.717) is 40.8 Å². The molecule has 1 N–H and O–H groups in total. The molecule has 42 heavy (non-hydrogen) atoms. The molecule has 220 valence electrons. The largest absolute Gasteiger partial charge is 0.476 e. The maximum atomic E-state index is 14.8. The summed E-state index contributed by atoms with van der Waals surface area (Å²) in [6.07, 6.45) is 1.66. The monoisotopic (exact) mass is 595 g/mol. The molecule has 0 bridgehead atoms. The maximum Gasteiger partial charge on any atom is 0.356 e. The van der Waals surface area contributed by atoms with Crippen LogP contribution in [0.25, 0.3) is 11.2 Å². The van der Waals surface area contributed by atoms with Crippen molar-refractivity contribution < 1.29 is 28.5 Å². The van der Waals surface area contributed by atoms with Crippen LogP contribution in [0.3, 0.4) is 0 Å². The number of imidazole rings is 1. The Morgan fingerprint density at radius 1 is 1.21 bits per heavy atom. The Labute approximate surface area is 247 Å². The summed E-state index contributed by atoms with van der Waals surface area (Å²) in [7, 11) is 1.64. The molecule has 0 amide bonds. The number of carboxylic acids is 1. The number of hydrogen-bond donors (Lipinski definition) is 1. The molecule has 6 rings (SSSR count). The zero-order valence-corrected chi connectivity index (χ0v) is 24.3. The number of carbonyl (C=O) groups is 1. The molecule has 2 atom stereocenters. The van der Waals surface area contributed by atoms with E-state index in [1.165, 1.54) is 12.1 Å². The molecular weight excluding hydrogens is 565 g/mol. The number of nitrogens with zero attached hydrogens (tertiary/aromatic N) is 5. The molecule has 4 heterocycles. The first-order valence-electron chi connectivity index (χ1n) is 13.8. The first kappa shape index (κ1) is 28.3. The highest BCUT2D eigenvalue weighted by atomic mass is 35.5. The maximum absolute atomic E-state index is 14.8. The zero-order chi connectivity index (χ0) is 29.6. The number of aromatic carboxylic acids is 1. The molecule has 0 radical (unpaired) electrons. The molecule has 0 spiro atoms. The van der Waals surface area contributed by atoms with Crippen LogP contribution in [-0.2, 0) is 23.6 Å². The van der Waals surface area contributed by atoms with Gasteiger partial charge in [-0.05, 0) is 63.0 Å². The summed E-state index contributed by atoms with van der Waals surface area (Å²) in [5.74, 6) is -0.673. The van der Waals surface area contributed by atoms with Crippen LogP contribution >= 0.6 is 11.6 Å². The quantitative estimate of drug-likeness (QED) is 0.287. The van der Waals surface area contributed by atoms with Crippen molar-refractivity contribution in [1.82, 2.24) is 24.6 Å². The average molecular weight is 596 g/mol. The summed E-state index contributed by atoms with van der Waals surface area (Å²) < 4.78 is 34.7. The van der Waals surface area contributed by atoms with Crippen LogP contribution in [0.15, 0.2) is 42.5 Å². The van der Waals surface area contributed by atoms with Gasteiger partial charge in [0.2, 0.25) is 0 Å². The number of likely N-dealkylation sites (tertiary alicyclic amines) is 1. The van der Waals surface area contributed by atoms with E-state index in [4.69, 9.17) is 30.8 Å². The van der Waals surface area contributed by atoms with E-state index in [9.17, 15) is 14.3 Å². The van der Waals surface area contributed by atoms with Gasteiger partial charge in [-0.1, -0.05) is 23.7 Å². The minimum absolute atomic E-state index is 0.0951. The second-order valence-electron chi connectivity index (χ2n) is 10.9. The van der Waals surface area contributed by atoms with Crippen molar-refractivity contribution in [2.24, 2.45) is 0 Å². The number of ether oxygens (including phenoxy) is 3. The summed E-state index contributed by atoms with van der Waals surface area (Å²) in [6, 6.07) is 11.8. The van der Waals surface area contributed by atoms with Crippen molar-refractivity contribution in [3.63, 3.8) is 0 Å². The van der Waals surface area contributed by atoms with E-state index < -0.39 is 17.6 Å². The lowest BCUT2D eigenvalue weighted by molar-refractivity contribution is -0.0712. The van der Waals surface area contributed by atoms with Gasteiger partial charge in [0.05, 0.1) is 24.8 Å². The lowest BCUT2D eigenvalue weighted by atomic mass is 9.88. The van der Waals surface area contributed by atoms with Crippen LogP contribution in [0.1, 0.15) is 60.0 Å².